The molecule has 1 heterocycles. The third-order valence-electron chi connectivity index (χ3n) is 4.83. The zero-order valence-corrected chi connectivity index (χ0v) is 16.8. The van der Waals surface area contributed by atoms with Gasteiger partial charge in [0.05, 0.1) is 6.61 Å². The number of nitrogens with one attached hydrogen (secondary N) is 1. The molecule has 1 aliphatic heterocycles. The van der Waals surface area contributed by atoms with Crippen LogP contribution in [0.5, 0.6) is 5.75 Å². The fourth-order valence-electron chi connectivity index (χ4n) is 3.23. The molecular weight excluding hydrogens is 376 g/mol. The monoisotopic (exact) mass is 400 g/mol. The minimum atomic E-state index is 0.0527. The zero-order chi connectivity index (χ0) is 19.9. The lowest BCUT2D eigenvalue weighted by Crippen LogP contribution is -2.30. The van der Waals surface area contributed by atoms with E-state index in [1.807, 2.05) is 54.3 Å². The van der Waals surface area contributed by atoms with E-state index in [9.17, 15) is 9.59 Å². The Bertz CT molecular complexity index is 853. The first kappa shape index (κ1) is 20.2. The Morgan fingerprint density at radius 1 is 1.21 bits per heavy atom. The second kappa shape index (κ2) is 9.60. The van der Waals surface area contributed by atoms with Crippen molar-refractivity contribution in [2.45, 2.75) is 39.2 Å². The molecule has 148 valence electrons. The number of benzene rings is 2. The van der Waals surface area contributed by atoms with E-state index >= 15 is 0 Å². The van der Waals surface area contributed by atoms with Crippen LogP contribution >= 0.6 is 11.6 Å². The van der Waals surface area contributed by atoms with Crippen molar-refractivity contribution in [2.75, 3.05) is 18.5 Å². The van der Waals surface area contributed by atoms with E-state index in [2.05, 4.69) is 5.32 Å². The van der Waals surface area contributed by atoms with Crippen molar-refractivity contribution < 1.29 is 14.3 Å². The van der Waals surface area contributed by atoms with E-state index in [0.29, 0.717) is 44.0 Å². The summed E-state index contributed by atoms with van der Waals surface area (Å²) < 4.78 is 5.80. The van der Waals surface area contributed by atoms with Gasteiger partial charge in [0.15, 0.2) is 0 Å². The molecule has 0 spiro atoms. The summed E-state index contributed by atoms with van der Waals surface area (Å²) in [7, 11) is 0. The maximum atomic E-state index is 12.5. The van der Waals surface area contributed by atoms with E-state index in [1.54, 1.807) is 0 Å². The van der Waals surface area contributed by atoms with Crippen LogP contribution in [0.4, 0.5) is 5.69 Å². The van der Waals surface area contributed by atoms with E-state index < -0.39 is 0 Å². The SMILES string of the molecule is CCN(Cc1ccccc1Cl)C(=O)CCCOc1ccc2c(c1)CCC(=O)N2. The third-order valence-corrected chi connectivity index (χ3v) is 5.20. The molecule has 0 atom stereocenters. The average molecular weight is 401 g/mol. The summed E-state index contributed by atoms with van der Waals surface area (Å²) in [4.78, 5) is 25.7. The minimum Gasteiger partial charge on any atom is -0.494 e. The van der Waals surface area contributed by atoms with Crippen LogP contribution in [0.1, 0.15) is 37.3 Å². The van der Waals surface area contributed by atoms with E-state index in [0.717, 1.165) is 29.0 Å². The second-order valence-corrected chi connectivity index (χ2v) is 7.23. The number of amides is 2. The number of rotatable bonds is 8. The molecular formula is C22H25ClN2O3. The van der Waals surface area contributed by atoms with Gasteiger partial charge in [0.2, 0.25) is 11.8 Å². The molecule has 2 amide bonds. The summed E-state index contributed by atoms with van der Waals surface area (Å²) in [5, 5.41) is 3.54. The summed E-state index contributed by atoms with van der Waals surface area (Å²) in [5.74, 6) is 0.918. The van der Waals surface area contributed by atoms with Crippen molar-refractivity contribution in [3.8, 4) is 5.75 Å². The Morgan fingerprint density at radius 2 is 2.04 bits per heavy atom. The first-order valence-electron chi connectivity index (χ1n) is 9.63. The van der Waals surface area contributed by atoms with Gasteiger partial charge in [-0.3, -0.25) is 9.59 Å². The van der Waals surface area contributed by atoms with Crippen LogP contribution in [-0.2, 0) is 22.6 Å². The van der Waals surface area contributed by atoms with Crippen LogP contribution in [0, 0.1) is 0 Å². The first-order valence-corrected chi connectivity index (χ1v) is 10.0. The van der Waals surface area contributed by atoms with Crippen LogP contribution < -0.4 is 10.1 Å². The van der Waals surface area contributed by atoms with Gasteiger partial charge in [-0.15, -0.1) is 0 Å². The van der Waals surface area contributed by atoms with Gasteiger partial charge in [-0.25, -0.2) is 0 Å². The van der Waals surface area contributed by atoms with E-state index in [1.165, 1.54) is 0 Å². The van der Waals surface area contributed by atoms with Crippen LogP contribution in [-0.4, -0.2) is 29.9 Å². The number of carbonyl (C=O) groups is 2. The number of hydrogen-bond acceptors (Lipinski definition) is 3. The number of fused-ring (bicyclic) bond motifs is 1. The molecule has 0 unspecified atom stereocenters. The van der Waals surface area contributed by atoms with Gasteiger partial charge in [-0.1, -0.05) is 29.8 Å². The fourth-order valence-corrected chi connectivity index (χ4v) is 3.43. The van der Waals surface area contributed by atoms with Gasteiger partial charge in [0.1, 0.15) is 5.75 Å². The third kappa shape index (κ3) is 5.26. The molecule has 2 aromatic rings. The standard InChI is InChI=1S/C22H25ClN2O3/c1-2-25(15-17-6-3-4-7-19(17)23)22(27)8-5-13-28-18-10-11-20-16(14-18)9-12-21(26)24-20/h3-4,6-7,10-11,14H,2,5,8-9,12-13,15H2,1H3,(H,24,26). The summed E-state index contributed by atoms with van der Waals surface area (Å²) in [6.07, 6.45) is 2.30. The lowest BCUT2D eigenvalue weighted by Gasteiger charge is -2.22. The number of carbonyl (C=O) groups excluding carboxylic acids is 2. The first-order chi connectivity index (χ1) is 13.6. The minimum absolute atomic E-state index is 0.0527. The molecule has 0 saturated carbocycles. The molecule has 6 heteroatoms. The van der Waals surface area contributed by atoms with Crippen LogP contribution in [0.15, 0.2) is 42.5 Å². The number of hydrogen-bond donors (Lipinski definition) is 1. The summed E-state index contributed by atoms with van der Waals surface area (Å²) in [6.45, 7) is 3.60. The Kier molecular flexibility index (Phi) is 6.93. The number of anilines is 1. The molecule has 3 rings (SSSR count). The molecule has 2 aromatic carbocycles. The van der Waals surface area contributed by atoms with Gasteiger partial charge >= 0.3 is 0 Å². The summed E-state index contributed by atoms with van der Waals surface area (Å²) in [6, 6.07) is 13.3. The number of ether oxygens (including phenoxy) is 1. The number of nitrogens with zero attached hydrogens (tertiary/aromatic N) is 1. The predicted molar refractivity (Wildman–Crippen MR) is 111 cm³/mol. The summed E-state index contributed by atoms with van der Waals surface area (Å²) in [5.41, 5.74) is 2.90. The van der Waals surface area contributed by atoms with Gasteiger partial charge in [0, 0.05) is 36.6 Å². The molecule has 0 fully saturated rings. The Morgan fingerprint density at radius 3 is 2.82 bits per heavy atom. The lowest BCUT2D eigenvalue weighted by molar-refractivity contribution is -0.131. The largest absolute Gasteiger partial charge is 0.494 e. The maximum Gasteiger partial charge on any atom is 0.224 e. The van der Waals surface area contributed by atoms with E-state index in [-0.39, 0.29) is 11.8 Å². The van der Waals surface area contributed by atoms with Crippen LogP contribution in [0.2, 0.25) is 5.02 Å². The Hall–Kier alpha value is -2.53. The van der Waals surface area contributed by atoms with Crippen molar-refractivity contribution in [2.24, 2.45) is 0 Å². The molecule has 0 bridgehead atoms. The Balaban J connectivity index is 1.46. The van der Waals surface area contributed by atoms with Crippen molar-refractivity contribution >= 4 is 29.1 Å². The predicted octanol–water partition coefficient (Wildman–Crippen LogP) is 4.43. The number of halogens is 1. The van der Waals surface area contributed by atoms with Crippen molar-refractivity contribution in [3.63, 3.8) is 0 Å². The fraction of sp³-hybridized carbons (Fsp3) is 0.364. The lowest BCUT2D eigenvalue weighted by atomic mass is 10.0. The highest BCUT2D eigenvalue weighted by atomic mass is 35.5. The van der Waals surface area contributed by atoms with E-state index in [4.69, 9.17) is 16.3 Å². The zero-order valence-electron chi connectivity index (χ0n) is 16.0. The summed E-state index contributed by atoms with van der Waals surface area (Å²) >= 11 is 6.20. The molecule has 0 radical (unpaired) electrons. The highest BCUT2D eigenvalue weighted by molar-refractivity contribution is 6.31. The molecule has 1 N–H and O–H groups in total. The van der Waals surface area contributed by atoms with Crippen molar-refractivity contribution in [1.29, 1.82) is 0 Å². The normalized spacial score (nSPS) is 12.9. The maximum absolute atomic E-state index is 12.5. The average Bonchev–Trinajstić information content (AvgIpc) is 2.70. The highest BCUT2D eigenvalue weighted by Crippen LogP contribution is 2.27. The van der Waals surface area contributed by atoms with Gasteiger partial charge < -0.3 is 15.0 Å². The smallest absolute Gasteiger partial charge is 0.224 e. The number of aryl methyl sites for hydroxylation is 1. The van der Waals surface area contributed by atoms with Crippen molar-refractivity contribution in [3.05, 3.63) is 58.6 Å². The van der Waals surface area contributed by atoms with Crippen molar-refractivity contribution in [1.82, 2.24) is 4.90 Å². The molecule has 5 nitrogen and oxygen atoms in total. The molecule has 0 aliphatic carbocycles. The second-order valence-electron chi connectivity index (χ2n) is 6.82. The van der Waals surface area contributed by atoms with Gasteiger partial charge in [0.25, 0.3) is 0 Å². The molecule has 28 heavy (non-hydrogen) atoms. The highest BCUT2D eigenvalue weighted by Gasteiger charge is 2.16. The quantitative estimate of drug-likeness (QED) is 0.667. The van der Waals surface area contributed by atoms with Crippen LogP contribution in [0.25, 0.3) is 0 Å². The van der Waals surface area contributed by atoms with Crippen LogP contribution in [0.3, 0.4) is 0 Å². The molecule has 1 aliphatic rings. The van der Waals surface area contributed by atoms with Gasteiger partial charge in [-0.2, -0.15) is 0 Å². The molecule has 0 saturated heterocycles. The Labute approximate surface area is 170 Å². The molecule has 0 aromatic heterocycles. The van der Waals surface area contributed by atoms with Gasteiger partial charge in [-0.05, 0) is 55.2 Å². The topological polar surface area (TPSA) is 58.6 Å².